The maximum Gasteiger partial charge on any atom is 0.416 e. The molecule has 0 aliphatic carbocycles. The molecule has 3 aromatic rings. The first-order valence-corrected chi connectivity index (χ1v) is 11.6. The van der Waals surface area contributed by atoms with Crippen molar-refractivity contribution in [3.63, 3.8) is 0 Å². The van der Waals surface area contributed by atoms with Crippen LogP contribution < -0.4 is 5.32 Å². The predicted molar refractivity (Wildman–Crippen MR) is 120 cm³/mol. The average Bonchev–Trinajstić information content (AvgIpc) is 2.81. The largest absolute Gasteiger partial charge is 0.416 e. The van der Waals surface area contributed by atoms with E-state index >= 15 is 0 Å². The first-order valence-electron chi connectivity index (χ1n) is 10.2. The number of alkyl halides is 3. The van der Waals surface area contributed by atoms with Gasteiger partial charge in [-0.25, -0.2) is 12.8 Å². The van der Waals surface area contributed by atoms with E-state index in [2.05, 4.69) is 5.32 Å². The monoisotopic (exact) mass is 494 g/mol. The number of carbonyl (C=O) groups is 1. The van der Waals surface area contributed by atoms with E-state index in [9.17, 15) is 30.8 Å². The fourth-order valence-electron chi connectivity index (χ4n) is 3.20. The molecular formula is C24H22F4N2O3S. The van der Waals surface area contributed by atoms with Gasteiger partial charge in [-0.3, -0.25) is 4.79 Å². The molecule has 0 saturated carbocycles. The molecule has 0 aliphatic rings. The van der Waals surface area contributed by atoms with Crippen molar-refractivity contribution >= 4 is 15.9 Å². The standard InChI is InChI=1S/C24H22F4N2O3S/c1-16(30(2)34(32,33)22-12-10-21(25)11-13-22)23(31)29-15-17-4-3-5-19(14-17)18-6-8-20(9-7-18)24(26,27)28/h3-14,16H,15H2,1-2H3,(H,29,31). The van der Waals surface area contributed by atoms with Gasteiger partial charge in [0.05, 0.1) is 10.5 Å². The van der Waals surface area contributed by atoms with Crippen LogP contribution in [-0.2, 0) is 27.5 Å². The zero-order chi connectivity index (χ0) is 25.1. The highest BCUT2D eigenvalue weighted by Gasteiger charge is 2.30. The number of rotatable bonds is 7. The molecule has 1 amide bonds. The quantitative estimate of drug-likeness (QED) is 0.478. The Bertz CT molecular complexity index is 1260. The lowest BCUT2D eigenvalue weighted by Gasteiger charge is -2.23. The van der Waals surface area contributed by atoms with Gasteiger partial charge in [-0.1, -0.05) is 30.3 Å². The number of nitrogens with one attached hydrogen (secondary N) is 1. The molecule has 1 atom stereocenters. The highest BCUT2D eigenvalue weighted by atomic mass is 32.2. The van der Waals surface area contributed by atoms with Crippen LogP contribution in [0.25, 0.3) is 11.1 Å². The summed E-state index contributed by atoms with van der Waals surface area (Å²) in [5.41, 5.74) is 1.19. The van der Waals surface area contributed by atoms with Gasteiger partial charge in [0, 0.05) is 13.6 Å². The molecule has 3 aromatic carbocycles. The van der Waals surface area contributed by atoms with E-state index < -0.39 is 39.5 Å². The second-order valence-corrected chi connectivity index (χ2v) is 9.64. The van der Waals surface area contributed by atoms with E-state index in [-0.39, 0.29) is 11.4 Å². The van der Waals surface area contributed by atoms with Crippen LogP contribution in [0, 0.1) is 5.82 Å². The van der Waals surface area contributed by atoms with E-state index in [1.807, 2.05) is 0 Å². The number of sulfonamides is 1. The summed E-state index contributed by atoms with van der Waals surface area (Å²) in [7, 11) is -2.76. The molecule has 0 bridgehead atoms. The summed E-state index contributed by atoms with van der Waals surface area (Å²) in [5, 5.41) is 2.67. The normalized spacial score (nSPS) is 13.0. The summed E-state index contributed by atoms with van der Waals surface area (Å²) >= 11 is 0. The summed E-state index contributed by atoms with van der Waals surface area (Å²) in [5.74, 6) is -1.13. The van der Waals surface area contributed by atoms with Crippen LogP contribution in [0.1, 0.15) is 18.1 Å². The van der Waals surface area contributed by atoms with Gasteiger partial charge >= 0.3 is 6.18 Å². The van der Waals surface area contributed by atoms with Crippen LogP contribution >= 0.6 is 0 Å². The molecule has 0 radical (unpaired) electrons. The maximum absolute atomic E-state index is 13.1. The fourth-order valence-corrected chi connectivity index (χ4v) is 4.52. The van der Waals surface area contributed by atoms with Gasteiger partial charge in [-0.05, 0) is 66.1 Å². The Morgan fingerprint density at radius 1 is 0.971 bits per heavy atom. The van der Waals surface area contributed by atoms with Crippen LogP contribution in [0.3, 0.4) is 0 Å². The molecule has 180 valence electrons. The predicted octanol–water partition coefficient (Wildman–Crippen LogP) is 4.84. The summed E-state index contributed by atoms with van der Waals surface area (Å²) in [6.07, 6.45) is -4.42. The van der Waals surface area contributed by atoms with E-state index in [1.165, 1.54) is 26.1 Å². The zero-order valence-electron chi connectivity index (χ0n) is 18.3. The Balaban J connectivity index is 1.67. The molecule has 1 unspecified atom stereocenters. The molecule has 1 N–H and O–H groups in total. The van der Waals surface area contributed by atoms with Crippen molar-refractivity contribution < 1.29 is 30.8 Å². The van der Waals surface area contributed by atoms with E-state index in [4.69, 9.17) is 0 Å². The number of halogens is 4. The molecule has 0 fully saturated rings. The van der Waals surface area contributed by atoms with Crippen molar-refractivity contribution in [1.82, 2.24) is 9.62 Å². The molecule has 5 nitrogen and oxygen atoms in total. The molecular weight excluding hydrogens is 472 g/mol. The second kappa shape index (κ2) is 9.94. The Labute approximate surface area is 195 Å². The number of amides is 1. The summed E-state index contributed by atoms with van der Waals surface area (Å²) in [6.45, 7) is 1.51. The van der Waals surface area contributed by atoms with Crippen molar-refractivity contribution in [2.24, 2.45) is 0 Å². The van der Waals surface area contributed by atoms with E-state index in [0.717, 1.165) is 40.7 Å². The highest BCUT2D eigenvalue weighted by molar-refractivity contribution is 7.89. The van der Waals surface area contributed by atoms with Crippen molar-refractivity contribution in [2.75, 3.05) is 7.05 Å². The van der Waals surface area contributed by atoms with Gasteiger partial charge in [-0.15, -0.1) is 0 Å². The minimum atomic E-state index is -4.42. The Hall–Kier alpha value is -3.24. The smallest absolute Gasteiger partial charge is 0.351 e. The number of hydrogen-bond acceptors (Lipinski definition) is 3. The van der Waals surface area contributed by atoms with Crippen molar-refractivity contribution in [3.8, 4) is 11.1 Å². The number of carbonyl (C=O) groups excluding carboxylic acids is 1. The molecule has 0 heterocycles. The molecule has 0 aliphatic heterocycles. The van der Waals surface area contributed by atoms with Crippen molar-refractivity contribution in [2.45, 2.75) is 30.6 Å². The SMILES string of the molecule is CC(C(=O)NCc1cccc(-c2ccc(C(F)(F)F)cc2)c1)N(C)S(=O)(=O)c1ccc(F)cc1. The van der Waals surface area contributed by atoms with Gasteiger partial charge in [-0.2, -0.15) is 17.5 Å². The van der Waals surface area contributed by atoms with Crippen LogP contribution in [-0.4, -0.2) is 31.7 Å². The Morgan fingerprint density at radius 2 is 1.59 bits per heavy atom. The topological polar surface area (TPSA) is 66.5 Å². The van der Waals surface area contributed by atoms with Gasteiger partial charge < -0.3 is 5.32 Å². The van der Waals surface area contributed by atoms with Gasteiger partial charge in [0.2, 0.25) is 15.9 Å². The summed E-state index contributed by atoms with van der Waals surface area (Å²) in [4.78, 5) is 12.5. The van der Waals surface area contributed by atoms with Crippen LogP contribution in [0.15, 0.2) is 77.7 Å². The van der Waals surface area contributed by atoms with Crippen LogP contribution in [0.5, 0.6) is 0 Å². The highest BCUT2D eigenvalue weighted by Crippen LogP contribution is 2.31. The summed E-state index contributed by atoms with van der Waals surface area (Å²) < 4.78 is 77.7. The lowest BCUT2D eigenvalue weighted by atomic mass is 10.0. The Morgan fingerprint density at radius 3 is 2.18 bits per heavy atom. The van der Waals surface area contributed by atoms with E-state index in [0.29, 0.717) is 16.7 Å². The van der Waals surface area contributed by atoms with Gasteiger partial charge in [0.15, 0.2) is 0 Å². The minimum Gasteiger partial charge on any atom is -0.351 e. The molecule has 0 saturated heterocycles. The van der Waals surface area contributed by atoms with Crippen LogP contribution in [0.4, 0.5) is 17.6 Å². The van der Waals surface area contributed by atoms with Crippen molar-refractivity contribution in [1.29, 1.82) is 0 Å². The second-order valence-electron chi connectivity index (χ2n) is 7.64. The zero-order valence-corrected chi connectivity index (χ0v) is 19.1. The van der Waals surface area contributed by atoms with Gasteiger partial charge in [0.1, 0.15) is 11.9 Å². The molecule has 0 spiro atoms. The number of likely N-dealkylation sites (N-methyl/N-ethyl adjacent to an activating group) is 1. The molecule has 10 heteroatoms. The van der Waals surface area contributed by atoms with E-state index in [1.54, 1.807) is 24.3 Å². The first-order chi connectivity index (χ1) is 15.9. The summed E-state index contributed by atoms with van der Waals surface area (Å²) in [6, 6.07) is 14.9. The molecule has 34 heavy (non-hydrogen) atoms. The first kappa shape index (κ1) is 25.4. The average molecular weight is 495 g/mol. The third-order valence-electron chi connectivity index (χ3n) is 5.35. The minimum absolute atomic E-state index is 0.0854. The number of nitrogens with zero attached hydrogens (tertiary/aromatic N) is 1. The lowest BCUT2D eigenvalue weighted by molar-refractivity contribution is -0.137. The Kier molecular flexibility index (Phi) is 7.42. The lowest BCUT2D eigenvalue weighted by Crippen LogP contribution is -2.45. The third-order valence-corrected chi connectivity index (χ3v) is 7.30. The third kappa shape index (κ3) is 5.81. The molecule has 3 rings (SSSR count). The molecule has 0 aromatic heterocycles. The van der Waals surface area contributed by atoms with Crippen molar-refractivity contribution in [3.05, 3.63) is 89.7 Å². The van der Waals surface area contributed by atoms with Gasteiger partial charge in [0.25, 0.3) is 0 Å². The van der Waals surface area contributed by atoms with Crippen LogP contribution in [0.2, 0.25) is 0 Å². The number of hydrogen-bond donors (Lipinski definition) is 1. The fraction of sp³-hybridized carbons (Fsp3) is 0.208. The number of benzene rings is 3. The maximum atomic E-state index is 13.1.